The van der Waals surface area contributed by atoms with E-state index in [-0.39, 0.29) is 11.5 Å². The van der Waals surface area contributed by atoms with Crippen molar-refractivity contribution in [3.05, 3.63) is 215 Å². The van der Waals surface area contributed by atoms with Crippen LogP contribution in [-0.4, -0.2) is 6.04 Å². The van der Waals surface area contributed by atoms with E-state index < -0.39 is 0 Å². The standard InChI is InChI=1S/C50H39N/c1-33-15-14-20-38(51(37-18-4-3-5-19-37)39-28-27-35-16-6-7-17-36(35)30-39)31-43(33)44-32-49-45(29-34(44)2)42-23-10-13-26-48(42)50(49)46-24-11-8-21-40(46)41-22-9-12-25-47(41)50/h3-14,16-18,20-32,37H,15,19H2,1-2H3. The highest BCUT2D eigenvalue weighted by Gasteiger charge is 2.51. The number of anilines is 1. The van der Waals surface area contributed by atoms with Gasteiger partial charge < -0.3 is 4.90 Å². The maximum atomic E-state index is 2.56. The van der Waals surface area contributed by atoms with Crippen LogP contribution in [-0.2, 0) is 5.41 Å². The third kappa shape index (κ3) is 4.41. The number of rotatable bonds is 4. The fourth-order valence-electron chi connectivity index (χ4n) is 9.40. The molecule has 10 rings (SSSR count). The number of nitrogens with zero attached hydrogens (tertiary/aromatic N) is 1. The quantitative estimate of drug-likeness (QED) is 0.183. The summed E-state index contributed by atoms with van der Waals surface area (Å²) in [5.41, 5.74) is 18.3. The second-order valence-corrected chi connectivity index (χ2v) is 14.5. The lowest BCUT2D eigenvalue weighted by Crippen LogP contribution is -2.33. The van der Waals surface area contributed by atoms with Crippen molar-refractivity contribution in [3.8, 4) is 22.3 Å². The molecule has 0 aromatic heterocycles. The summed E-state index contributed by atoms with van der Waals surface area (Å²) in [5, 5.41) is 2.53. The molecule has 0 heterocycles. The molecule has 4 aliphatic rings. The second kappa shape index (κ2) is 11.6. The van der Waals surface area contributed by atoms with Crippen LogP contribution in [0.3, 0.4) is 0 Å². The first-order valence-corrected chi connectivity index (χ1v) is 18.3. The van der Waals surface area contributed by atoms with Crippen LogP contribution in [0.4, 0.5) is 5.69 Å². The summed E-state index contributed by atoms with van der Waals surface area (Å²) >= 11 is 0. The largest absolute Gasteiger partial charge is 0.334 e. The van der Waals surface area contributed by atoms with E-state index in [4.69, 9.17) is 0 Å². The molecule has 51 heavy (non-hydrogen) atoms. The summed E-state index contributed by atoms with van der Waals surface area (Å²) in [7, 11) is 0. The molecule has 4 aliphatic carbocycles. The lowest BCUT2D eigenvalue weighted by atomic mass is 9.70. The van der Waals surface area contributed by atoms with Crippen LogP contribution in [0.5, 0.6) is 0 Å². The predicted molar refractivity (Wildman–Crippen MR) is 215 cm³/mol. The molecular formula is C50H39N. The van der Waals surface area contributed by atoms with Crippen molar-refractivity contribution in [3.63, 3.8) is 0 Å². The summed E-state index contributed by atoms with van der Waals surface area (Å²) in [6, 6.07) is 48.1. The van der Waals surface area contributed by atoms with Gasteiger partial charge in [0.05, 0.1) is 11.5 Å². The molecule has 0 radical (unpaired) electrons. The van der Waals surface area contributed by atoms with Crippen molar-refractivity contribution < 1.29 is 0 Å². The molecule has 0 bridgehead atoms. The minimum atomic E-state index is -0.359. The van der Waals surface area contributed by atoms with Crippen molar-refractivity contribution in [2.24, 2.45) is 0 Å². The number of allylic oxidation sites excluding steroid dienone is 7. The molecule has 6 aromatic rings. The van der Waals surface area contributed by atoms with Crippen molar-refractivity contribution in [1.29, 1.82) is 0 Å². The Bertz CT molecular complexity index is 2520. The third-order valence-electron chi connectivity index (χ3n) is 11.7. The van der Waals surface area contributed by atoms with Gasteiger partial charge in [-0.2, -0.15) is 0 Å². The maximum Gasteiger partial charge on any atom is 0.0725 e. The van der Waals surface area contributed by atoms with Crippen molar-refractivity contribution in [1.82, 2.24) is 0 Å². The zero-order chi connectivity index (χ0) is 34.1. The van der Waals surface area contributed by atoms with Crippen molar-refractivity contribution in [2.75, 3.05) is 4.90 Å². The zero-order valence-electron chi connectivity index (χ0n) is 29.1. The molecule has 244 valence electrons. The molecule has 0 fully saturated rings. The van der Waals surface area contributed by atoms with Gasteiger partial charge in [-0.05, 0) is 129 Å². The van der Waals surface area contributed by atoms with Crippen LogP contribution in [0.25, 0.3) is 38.6 Å². The highest BCUT2D eigenvalue weighted by Crippen LogP contribution is 2.63. The van der Waals surface area contributed by atoms with Gasteiger partial charge in [-0.25, -0.2) is 0 Å². The molecule has 0 amide bonds. The van der Waals surface area contributed by atoms with E-state index in [9.17, 15) is 0 Å². The van der Waals surface area contributed by atoms with Crippen LogP contribution in [0.2, 0.25) is 0 Å². The van der Waals surface area contributed by atoms with Gasteiger partial charge in [-0.3, -0.25) is 0 Å². The van der Waals surface area contributed by atoms with Gasteiger partial charge in [-0.15, -0.1) is 0 Å². The molecule has 1 atom stereocenters. The average Bonchev–Trinajstić information content (AvgIpc) is 3.54. The molecular weight excluding hydrogens is 615 g/mol. The Labute approximate surface area is 300 Å². The first-order chi connectivity index (χ1) is 25.1. The third-order valence-corrected chi connectivity index (χ3v) is 11.7. The minimum Gasteiger partial charge on any atom is -0.334 e. The highest BCUT2D eigenvalue weighted by molar-refractivity contribution is 5.97. The van der Waals surface area contributed by atoms with Gasteiger partial charge in [0.1, 0.15) is 0 Å². The molecule has 1 nitrogen and oxygen atoms in total. The molecule has 0 saturated carbocycles. The summed E-state index contributed by atoms with van der Waals surface area (Å²) in [6.45, 7) is 4.63. The van der Waals surface area contributed by atoms with Crippen LogP contribution in [0.1, 0.15) is 53.1 Å². The Morgan fingerprint density at radius 2 is 1.22 bits per heavy atom. The first kappa shape index (κ1) is 29.9. The number of hydrogen-bond acceptors (Lipinski definition) is 1. The van der Waals surface area contributed by atoms with E-state index in [0.717, 1.165) is 12.8 Å². The van der Waals surface area contributed by atoms with Gasteiger partial charge in [0.15, 0.2) is 0 Å². The zero-order valence-corrected chi connectivity index (χ0v) is 29.1. The van der Waals surface area contributed by atoms with Crippen LogP contribution in [0, 0.1) is 6.92 Å². The average molecular weight is 654 g/mol. The summed E-state index contributed by atoms with van der Waals surface area (Å²) in [5.74, 6) is 0. The summed E-state index contributed by atoms with van der Waals surface area (Å²) in [4.78, 5) is 2.55. The monoisotopic (exact) mass is 653 g/mol. The number of hydrogen-bond donors (Lipinski definition) is 0. The number of benzene rings is 6. The highest BCUT2D eigenvalue weighted by atomic mass is 15.2. The van der Waals surface area contributed by atoms with Gasteiger partial charge in [-0.1, -0.05) is 145 Å². The molecule has 1 heteroatoms. The van der Waals surface area contributed by atoms with Crippen molar-refractivity contribution >= 4 is 22.0 Å². The number of fused-ring (bicyclic) bond motifs is 11. The fourth-order valence-corrected chi connectivity index (χ4v) is 9.40. The van der Waals surface area contributed by atoms with E-state index in [1.165, 1.54) is 88.9 Å². The van der Waals surface area contributed by atoms with Gasteiger partial charge in [0.2, 0.25) is 0 Å². The van der Waals surface area contributed by atoms with Crippen LogP contribution < -0.4 is 4.90 Å². The van der Waals surface area contributed by atoms with Gasteiger partial charge >= 0.3 is 0 Å². The van der Waals surface area contributed by atoms with E-state index in [1.807, 2.05) is 0 Å². The smallest absolute Gasteiger partial charge is 0.0725 e. The fraction of sp³-hybridized carbons (Fsp3) is 0.120. The minimum absolute atomic E-state index is 0.220. The summed E-state index contributed by atoms with van der Waals surface area (Å²) in [6.07, 6.45) is 18.1. The first-order valence-electron chi connectivity index (χ1n) is 18.3. The Morgan fingerprint density at radius 1 is 0.569 bits per heavy atom. The lowest BCUT2D eigenvalue weighted by Gasteiger charge is -2.34. The molecule has 0 aliphatic heterocycles. The molecule has 0 N–H and O–H groups in total. The topological polar surface area (TPSA) is 3.24 Å². The Morgan fingerprint density at radius 3 is 1.90 bits per heavy atom. The summed E-state index contributed by atoms with van der Waals surface area (Å²) < 4.78 is 0. The lowest BCUT2D eigenvalue weighted by molar-refractivity contribution is 0.763. The Kier molecular flexibility index (Phi) is 6.80. The van der Waals surface area contributed by atoms with E-state index in [2.05, 4.69) is 189 Å². The Hall–Kier alpha value is -5.92. The van der Waals surface area contributed by atoms with E-state index in [1.54, 1.807) is 0 Å². The maximum absolute atomic E-state index is 2.56. The second-order valence-electron chi connectivity index (χ2n) is 14.5. The Balaban J connectivity index is 1.19. The predicted octanol–water partition coefficient (Wildman–Crippen LogP) is 12.5. The van der Waals surface area contributed by atoms with Crippen LogP contribution >= 0.6 is 0 Å². The van der Waals surface area contributed by atoms with Gasteiger partial charge in [0.25, 0.3) is 0 Å². The molecule has 1 spiro atoms. The van der Waals surface area contributed by atoms with E-state index >= 15 is 0 Å². The van der Waals surface area contributed by atoms with Crippen molar-refractivity contribution in [2.45, 2.75) is 38.1 Å². The number of aryl methyl sites for hydroxylation is 1. The molecule has 6 aromatic carbocycles. The SMILES string of the molecule is CC1=C(c2cc3c(cc2C)-c2ccccc2C32c3ccccc3-c3ccccc32)C=C(N(c2ccc3ccccc3c2)C2C=CC=CC2)C=CC1. The molecule has 0 saturated heterocycles. The van der Waals surface area contributed by atoms with Crippen LogP contribution in [0.15, 0.2) is 181 Å². The van der Waals surface area contributed by atoms with E-state index in [0.29, 0.717) is 0 Å². The van der Waals surface area contributed by atoms with Gasteiger partial charge in [0, 0.05) is 11.4 Å². The normalized spacial score (nSPS) is 17.6. The molecule has 1 unspecified atom stereocenters.